The van der Waals surface area contributed by atoms with Crippen LogP contribution in [0, 0.1) is 12.9 Å². The van der Waals surface area contributed by atoms with Crippen LogP contribution in [0.1, 0.15) is 23.2 Å². The number of rotatable bonds is 2. The van der Waals surface area contributed by atoms with Crippen LogP contribution in [-0.2, 0) is 6.54 Å². The lowest BCUT2D eigenvalue weighted by Crippen LogP contribution is -2.07. The minimum absolute atomic E-state index is 0.0851. The number of alkyl halides is 2. The van der Waals surface area contributed by atoms with E-state index in [-0.39, 0.29) is 23.4 Å². The van der Waals surface area contributed by atoms with Gasteiger partial charge in [0.25, 0.3) is 6.43 Å². The van der Waals surface area contributed by atoms with Gasteiger partial charge in [-0.1, -0.05) is 0 Å². The Balaban J connectivity index is 3.25. The highest BCUT2D eigenvalue weighted by Gasteiger charge is 2.15. The average molecular weight is 190 g/mol. The third kappa shape index (κ3) is 1.98. The highest BCUT2D eigenvalue weighted by Crippen LogP contribution is 2.23. The third-order valence-electron chi connectivity index (χ3n) is 1.69. The van der Waals surface area contributed by atoms with Crippen molar-refractivity contribution in [2.45, 2.75) is 19.9 Å². The lowest BCUT2D eigenvalue weighted by molar-refractivity contribution is 0.149. The Morgan fingerprint density at radius 3 is 2.62 bits per heavy atom. The summed E-state index contributed by atoms with van der Waals surface area (Å²) in [7, 11) is 0. The van der Waals surface area contributed by atoms with Crippen molar-refractivity contribution in [3.63, 3.8) is 0 Å². The molecule has 0 aliphatic rings. The van der Waals surface area contributed by atoms with E-state index in [1.54, 1.807) is 0 Å². The van der Waals surface area contributed by atoms with Crippen LogP contribution in [-0.4, -0.2) is 4.98 Å². The molecule has 0 bridgehead atoms. The van der Waals surface area contributed by atoms with Gasteiger partial charge in [0.15, 0.2) is 0 Å². The van der Waals surface area contributed by atoms with Gasteiger partial charge in [0.1, 0.15) is 0 Å². The molecule has 13 heavy (non-hydrogen) atoms. The van der Waals surface area contributed by atoms with Gasteiger partial charge < -0.3 is 5.73 Å². The Labute approximate surface area is 73.6 Å². The number of pyridine rings is 1. The van der Waals surface area contributed by atoms with Gasteiger partial charge in [-0.3, -0.25) is 0 Å². The molecule has 0 aromatic carbocycles. The Bertz CT molecular complexity index is 313. The molecule has 1 rings (SSSR count). The lowest BCUT2D eigenvalue weighted by Gasteiger charge is -2.07. The zero-order valence-electron chi connectivity index (χ0n) is 7.02. The summed E-state index contributed by atoms with van der Waals surface area (Å²) in [6.07, 6.45) is -2.66. The SMILES string of the molecule is Cc1cc(C(F)F)c(CN)nc1F. The smallest absolute Gasteiger partial charge is 0.265 e. The van der Waals surface area contributed by atoms with Crippen LogP contribution >= 0.6 is 0 Å². The molecule has 1 heterocycles. The third-order valence-corrected chi connectivity index (χ3v) is 1.69. The Hall–Kier alpha value is -1.10. The zero-order chi connectivity index (χ0) is 10.0. The first-order valence-corrected chi connectivity index (χ1v) is 3.70. The fourth-order valence-electron chi connectivity index (χ4n) is 1.000. The minimum Gasteiger partial charge on any atom is -0.325 e. The molecule has 2 nitrogen and oxygen atoms in total. The van der Waals surface area contributed by atoms with E-state index in [2.05, 4.69) is 4.98 Å². The molecule has 0 spiro atoms. The zero-order valence-corrected chi connectivity index (χ0v) is 7.02. The van der Waals surface area contributed by atoms with Crippen molar-refractivity contribution in [1.29, 1.82) is 0 Å². The maximum Gasteiger partial charge on any atom is 0.265 e. The van der Waals surface area contributed by atoms with Crippen molar-refractivity contribution < 1.29 is 13.2 Å². The molecule has 0 aliphatic carbocycles. The Morgan fingerprint density at radius 2 is 2.15 bits per heavy atom. The minimum atomic E-state index is -2.66. The molecule has 0 atom stereocenters. The van der Waals surface area contributed by atoms with E-state index < -0.39 is 12.4 Å². The van der Waals surface area contributed by atoms with Crippen LogP contribution in [0.3, 0.4) is 0 Å². The van der Waals surface area contributed by atoms with Crippen molar-refractivity contribution in [2.24, 2.45) is 5.73 Å². The van der Waals surface area contributed by atoms with Crippen molar-refractivity contribution in [3.8, 4) is 0 Å². The molecule has 1 aromatic rings. The van der Waals surface area contributed by atoms with E-state index in [4.69, 9.17) is 5.73 Å². The number of nitrogens with two attached hydrogens (primary N) is 1. The summed E-state index contributed by atoms with van der Waals surface area (Å²) in [5.74, 6) is -0.746. The van der Waals surface area contributed by atoms with Crippen LogP contribution in [0.25, 0.3) is 0 Å². The van der Waals surface area contributed by atoms with Gasteiger partial charge in [-0.15, -0.1) is 0 Å². The van der Waals surface area contributed by atoms with Crippen molar-refractivity contribution >= 4 is 0 Å². The van der Waals surface area contributed by atoms with Gasteiger partial charge in [0.05, 0.1) is 5.69 Å². The van der Waals surface area contributed by atoms with Crippen LogP contribution in [0.15, 0.2) is 6.07 Å². The van der Waals surface area contributed by atoms with Crippen LogP contribution in [0.2, 0.25) is 0 Å². The fourth-order valence-corrected chi connectivity index (χ4v) is 1.000. The topological polar surface area (TPSA) is 38.9 Å². The summed E-state index contributed by atoms with van der Waals surface area (Å²) in [6, 6.07) is 1.08. The van der Waals surface area contributed by atoms with E-state index in [1.807, 2.05) is 0 Å². The molecule has 2 N–H and O–H groups in total. The van der Waals surface area contributed by atoms with Gasteiger partial charge in [-0.25, -0.2) is 13.8 Å². The molecule has 0 amide bonds. The molecular weight excluding hydrogens is 181 g/mol. The summed E-state index contributed by atoms with van der Waals surface area (Å²) in [4.78, 5) is 3.34. The maximum absolute atomic E-state index is 12.8. The number of hydrogen-bond acceptors (Lipinski definition) is 2. The highest BCUT2D eigenvalue weighted by atomic mass is 19.3. The molecule has 0 saturated heterocycles. The first kappa shape index (κ1) is 9.98. The standard InChI is InChI=1S/C8H9F3N2/c1-4-2-5(7(9)10)6(3-12)13-8(4)11/h2,7H,3,12H2,1H3. The largest absolute Gasteiger partial charge is 0.325 e. The summed E-state index contributed by atoms with van der Waals surface area (Å²) in [5, 5.41) is 0. The van der Waals surface area contributed by atoms with Gasteiger partial charge in [0.2, 0.25) is 5.95 Å². The van der Waals surface area contributed by atoms with Gasteiger partial charge >= 0.3 is 0 Å². The van der Waals surface area contributed by atoms with Crippen LogP contribution in [0.4, 0.5) is 13.2 Å². The van der Waals surface area contributed by atoms with Crippen molar-refractivity contribution in [3.05, 3.63) is 28.8 Å². The van der Waals surface area contributed by atoms with Crippen molar-refractivity contribution in [2.75, 3.05) is 0 Å². The number of aromatic nitrogens is 1. The predicted octanol–water partition coefficient (Wildman–Crippen LogP) is 1.93. The van der Waals surface area contributed by atoms with E-state index in [9.17, 15) is 13.2 Å². The lowest BCUT2D eigenvalue weighted by atomic mass is 10.1. The molecule has 0 aliphatic heterocycles. The number of hydrogen-bond donors (Lipinski definition) is 1. The van der Waals surface area contributed by atoms with Crippen molar-refractivity contribution in [1.82, 2.24) is 4.98 Å². The molecule has 0 fully saturated rings. The normalized spacial score (nSPS) is 10.9. The maximum atomic E-state index is 12.8. The Kier molecular flexibility index (Phi) is 2.87. The van der Waals surface area contributed by atoms with Gasteiger partial charge in [0, 0.05) is 17.7 Å². The van der Waals surface area contributed by atoms with Crippen LogP contribution in [0.5, 0.6) is 0 Å². The summed E-state index contributed by atoms with van der Waals surface area (Å²) < 4.78 is 37.4. The van der Waals surface area contributed by atoms with Gasteiger partial charge in [-0.2, -0.15) is 4.39 Å². The summed E-state index contributed by atoms with van der Waals surface area (Å²) in [5.41, 5.74) is 4.87. The second-order valence-electron chi connectivity index (χ2n) is 2.64. The van der Waals surface area contributed by atoms with E-state index in [1.165, 1.54) is 6.92 Å². The predicted molar refractivity (Wildman–Crippen MR) is 41.8 cm³/mol. The number of nitrogens with zero attached hydrogens (tertiary/aromatic N) is 1. The van der Waals surface area contributed by atoms with E-state index in [0.29, 0.717) is 0 Å². The molecule has 72 valence electrons. The number of aryl methyl sites for hydroxylation is 1. The molecule has 0 radical (unpaired) electrons. The summed E-state index contributed by atoms with van der Waals surface area (Å²) in [6.45, 7) is 1.20. The summed E-state index contributed by atoms with van der Waals surface area (Å²) >= 11 is 0. The molecule has 5 heteroatoms. The van der Waals surface area contributed by atoms with E-state index in [0.717, 1.165) is 6.07 Å². The van der Waals surface area contributed by atoms with E-state index >= 15 is 0 Å². The first-order chi connectivity index (χ1) is 6.06. The Morgan fingerprint density at radius 1 is 1.54 bits per heavy atom. The van der Waals surface area contributed by atoms with Crippen LogP contribution < -0.4 is 5.73 Å². The highest BCUT2D eigenvalue weighted by molar-refractivity contribution is 5.26. The monoisotopic (exact) mass is 190 g/mol. The molecule has 1 aromatic heterocycles. The quantitative estimate of drug-likeness (QED) is 0.723. The van der Waals surface area contributed by atoms with Gasteiger partial charge in [-0.05, 0) is 13.0 Å². The number of halogens is 3. The second kappa shape index (κ2) is 3.74. The molecular formula is C8H9F3N2. The average Bonchev–Trinajstić information content (AvgIpc) is 2.08. The molecule has 0 saturated carbocycles. The second-order valence-corrected chi connectivity index (χ2v) is 2.64. The fraction of sp³-hybridized carbons (Fsp3) is 0.375. The molecule has 0 unspecified atom stereocenters. The first-order valence-electron chi connectivity index (χ1n) is 3.70.